The van der Waals surface area contributed by atoms with Gasteiger partial charge >= 0.3 is 0 Å². The Morgan fingerprint density at radius 1 is 0.964 bits per heavy atom. The lowest BCUT2D eigenvalue weighted by Crippen LogP contribution is -2.25. The van der Waals surface area contributed by atoms with E-state index in [2.05, 4.69) is 36.0 Å². The number of hydrogen-bond donors (Lipinski definition) is 0. The summed E-state index contributed by atoms with van der Waals surface area (Å²) in [5.74, 6) is 7.76. The van der Waals surface area contributed by atoms with E-state index in [9.17, 15) is 8.78 Å². The molecule has 2 aliphatic rings. The van der Waals surface area contributed by atoms with Gasteiger partial charge in [-0.1, -0.05) is 44.4 Å². The molecule has 0 unspecified atom stereocenters. The maximum atomic E-state index is 13.9. The van der Waals surface area contributed by atoms with Crippen LogP contribution in [0.5, 0.6) is 0 Å². The van der Waals surface area contributed by atoms with Crippen LogP contribution in [0.15, 0.2) is 17.1 Å². The molecule has 0 atom stereocenters. The highest BCUT2D eigenvalue weighted by Gasteiger charge is 2.30. The van der Waals surface area contributed by atoms with Crippen LogP contribution in [-0.2, 0) is 0 Å². The van der Waals surface area contributed by atoms with E-state index in [0.29, 0.717) is 11.5 Å². The molecule has 150 valence electrons. The van der Waals surface area contributed by atoms with Crippen molar-refractivity contribution in [3.05, 3.63) is 29.3 Å². The Bertz CT molecular complexity index is 749. The fourth-order valence-electron chi connectivity index (χ4n) is 5.07. The van der Waals surface area contributed by atoms with E-state index in [1.165, 1.54) is 63.5 Å². The van der Waals surface area contributed by atoms with Crippen LogP contribution in [0.25, 0.3) is 0 Å². The topological polar surface area (TPSA) is 12.4 Å². The first kappa shape index (κ1) is 21.2. The molecule has 0 amide bonds. The lowest BCUT2D eigenvalue weighted by Gasteiger charge is -2.37. The zero-order valence-corrected chi connectivity index (χ0v) is 17.5. The molecule has 0 aromatic heterocycles. The predicted molar refractivity (Wildman–Crippen MR) is 114 cm³/mol. The molecule has 0 heterocycles. The van der Waals surface area contributed by atoms with E-state index in [1.807, 2.05) is 5.16 Å². The number of rotatable bonds is 4. The zero-order valence-electron chi connectivity index (χ0n) is 16.6. The van der Waals surface area contributed by atoms with Gasteiger partial charge in [0.05, 0.1) is 5.16 Å². The van der Waals surface area contributed by atoms with Crippen LogP contribution in [-0.4, -0.2) is 5.16 Å². The molecule has 1 nitrogen and oxygen atoms in total. The van der Waals surface area contributed by atoms with Crippen molar-refractivity contribution in [3.63, 3.8) is 0 Å². The molecule has 0 spiro atoms. The highest BCUT2D eigenvalue weighted by Crippen LogP contribution is 2.42. The summed E-state index contributed by atoms with van der Waals surface area (Å²) in [7, 11) is 0. The summed E-state index contributed by atoms with van der Waals surface area (Å²) < 4.78 is 27.8. The first-order chi connectivity index (χ1) is 13.6. The van der Waals surface area contributed by atoms with Crippen molar-refractivity contribution < 1.29 is 8.78 Å². The van der Waals surface area contributed by atoms with E-state index >= 15 is 0 Å². The monoisotopic (exact) mass is 401 g/mol. The molecule has 28 heavy (non-hydrogen) atoms. The van der Waals surface area contributed by atoms with Crippen LogP contribution >= 0.6 is 12.2 Å². The average Bonchev–Trinajstić information content (AvgIpc) is 2.70. The number of benzene rings is 1. The second kappa shape index (κ2) is 10.3. The van der Waals surface area contributed by atoms with Crippen molar-refractivity contribution in [2.45, 2.75) is 71.1 Å². The summed E-state index contributed by atoms with van der Waals surface area (Å²) in [4.78, 5) is 3.43. The van der Waals surface area contributed by atoms with Crippen molar-refractivity contribution in [2.75, 3.05) is 0 Å². The summed E-state index contributed by atoms with van der Waals surface area (Å²) in [6.07, 6.45) is 13.0. The third-order valence-electron chi connectivity index (χ3n) is 6.62. The number of thiocarbonyl (C=S) groups is 1. The summed E-state index contributed by atoms with van der Waals surface area (Å²) in [6.45, 7) is 2.29. The molecule has 1 aromatic rings. The fraction of sp³-hybridized carbons (Fsp3) is 0.625. The maximum Gasteiger partial charge on any atom is 0.153 e. The van der Waals surface area contributed by atoms with Gasteiger partial charge in [-0.25, -0.2) is 8.78 Å². The molecule has 1 aromatic carbocycles. The lowest BCUT2D eigenvalue weighted by atomic mass is 9.69. The van der Waals surface area contributed by atoms with Crippen LogP contribution in [0.4, 0.5) is 14.5 Å². The summed E-state index contributed by atoms with van der Waals surface area (Å²) >= 11 is 4.42. The quantitative estimate of drug-likeness (QED) is 0.290. The SMILES string of the molecule is CCCC1CCC(C2CCC(C#Cc3cc(F)c(N=C=S)c(F)c3)CC2)CC1. The minimum atomic E-state index is -0.746. The largest absolute Gasteiger partial charge is 0.204 e. The first-order valence-corrected chi connectivity index (χ1v) is 11.1. The molecule has 3 rings (SSSR count). The van der Waals surface area contributed by atoms with Gasteiger partial charge in [0.25, 0.3) is 0 Å². The number of halogens is 2. The van der Waals surface area contributed by atoms with Gasteiger partial charge in [-0.15, -0.1) is 0 Å². The number of isothiocyanates is 1. The molecular weight excluding hydrogens is 372 g/mol. The Morgan fingerprint density at radius 3 is 2.07 bits per heavy atom. The second-order valence-corrected chi connectivity index (χ2v) is 8.62. The Morgan fingerprint density at radius 2 is 1.54 bits per heavy atom. The first-order valence-electron chi connectivity index (χ1n) is 10.7. The molecule has 4 heteroatoms. The van der Waals surface area contributed by atoms with Gasteiger partial charge in [-0.05, 0) is 80.6 Å². The van der Waals surface area contributed by atoms with Gasteiger partial charge in [0.2, 0.25) is 0 Å². The van der Waals surface area contributed by atoms with Crippen molar-refractivity contribution in [1.82, 2.24) is 0 Å². The van der Waals surface area contributed by atoms with E-state index in [4.69, 9.17) is 0 Å². The standard InChI is InChI=1S/C24H29F2NS/c1-2-3-17-6-10-20(11-7-17)21-12-8-18(9-13-21)4-5-19-14-22(25)24(27-16-28)23(26)15-19/h14-15,17-18,20-21H,2-3,6-13H2,1H3. The molecule has 2 fully saturated rings. The molecule has 0 aliphatic heterocycles. The van der Waals surface area contributed by atoms with Crippen LogP contribution < -0.4 is 0 Å². The minimum Gasteiger partial charge on any atom is -0.204 e. The Balaban J connectivity index is 1.52. The molecule has 0 N–H and O–H groups in total. The van der Waals surface area contributed by atoms with Gasteiger partial charge in [0.15, 0.2) is 11.6 Å². The highest BCUT2D eigenvalue weighted by molar-refractivity contribution is 7.78. The molecule has 0 radical (unpaired) electrons. The van der Waals surface area contributed by atoms with Gasteiger partial charge < -0.3 is 0 Å². The third-order valence-corrected chi connectivity index (χ3v) is 6.71. The molecule has 0 bridgehead atoms. The third kappa shape index (κ3) is 5.49. The lowest BCUT2D eigenvalue weighted by molar-refractivity contribution is 0.154. The van der Waals surface area contributed by atoms with Gasteiger partial charge in [-0.3, -0.25) is 0 Å². The molecule has 2 saturated carbocycles. The fourth-order valence-corrected chi connectivity index (χ4v) is 5.16. The van der Waals surface area contributed by atoms with Gasteiger partial charge in [-0.2, -0.15) is 4.99 Å². The second-order valence-electron chi connectivity index (χ2n) is 8.44. The highest BCUT2D eigenvalue weighted by atomic mass is 32.1. The molecule has 0 saturated heterocycles. The van der Waals surface area contributed by atoms with E-state index in [-0.39, 0.29) is 0 Å². The van der Waals surface area contributed by atoms with Crippen molar-refractivity contribution in [2.24, 2.45) is 28.7 Å². The molecular formula is C24H29F2NS. The zero-order chi connectivity index (χ0) is 19.9. The number of nitrogens with zero attached hydrogens (tertiary/aromatic N) is 1. The van der Waals surface area contributed by atoms with Crippen molar-refractivity contribution in [3.8, 4) is 11.8 Å². The van der Waals surface area contributed by atoms with Gasteiger partial charge in [0.1, 0.15) is 5.69 Å². The summed E-state index contributed by atoms with van der Waals surface area (Å²) in [5.41, 5.74) is -0.0376. The minimum absolute atomic E-state index is 0.331. The van der Waals surface area contributed by atoms with E-state index < -0.39 is 17.3 Å². The Hall–Kier alpha value is -1.56. The average molecular weight is 402 g/mol. The van der Waals surface area contributed by atoms with E-state index in [1.54, 1.807) is 0 Å². The van der Waals surface area contributed by atoms with Crippen molar-refractivity contribution in [1.29, 1.82) is 0 Å². The van der Waals surface area contributed by atoms with Crippen LogP contribution in [0, 0.1) is 47.1 Å². The number of aliphatic imine (C=N–C) groups is 1. The molecule has 2 aliphatic carbocycles. The van der Waals surface area contributed by atoms with Crippen LogP contribution in [0.2, 0.25) is 0 Å². The van der Waals surface area contributed by atoms with Crippen LogP contribution in [0.3, 0.4) is 0 Å². The summed E-state index contributed by atoms with van der Waals surface area (Å²) in [6, 6.07) is 2.45. The van der Waals surface area contributed by atoms with Crippen LogP contribution in [0.1, 0.15) is 76.7 Å². The Labute approximate surface area is 173 Å². The number of hydrogen-bond acceptors (Lipinski definition) is 2. The van der Waals surface area contributed by atoms with Gasteiger partial charge in [0, 0.05) is 11.5 Å². The van der Waals surface area contributed by atoms with Crippen molar-refractivity contribution >= 4 is 23.1 Å². The van der Waals surface area contributed by atoms with E-state index in [0.717, 1.165) is 30.6 Å². The smallest absolute Gasteiger partial charge is 0.153 e. The normalized spacial score (nSPS) is 27.4. The maximum absolute atomic E-state index is 13.9. The predicted octanol–water partition coefficient (Wildman–Crippen LogP) is 7.46. The Kier molecular flexibility index (Phi) is 7.77. The summed E-state index contributed by atoms with van der Waals surface area (Å²) in [5, 5.41) is 2.00.